The van der Waals surface area contributed by atoms with Crippen molar-refractivity contribution in [2.24, 2.45) is 0 Å². The Balaban J connectivity index is 1.62. The number of aromatic amines is 1. The van der Waals surface area contributed by atoms with Crippen LogP contribution < -0.4 is 10.1 Å². The molecule has 0 saturated heterocycles. The first-order valence-corrected chi connectivity index (χ1v) is 7.11. The van der Waals surface area contributed by atoms with E-state index >= 15 is 0 Å². The van der Waals surface area contributed by atoms with Gasteiger partial charge in [0.1, 0.15) is 5.75 Å². The Morgan fingerprint density at radius 3 is 2.54 bits per heavy atom. The molecule has 1 aromatic heterocycles. The predicted molar refractivity (Wildman–Crippen MR) is 82.6 cm³/mol. The van der Waals surface area contributed by atoms with E-state index in [1.165, 1.54) is 12.1 Å². The lowest BCUT2D eigenvalue weighted by Crippen LogP contribution is -2.22. The molecule has 3 aromatic rings. The third kappa shape index (κ3) is 3.87. The maximum Gasteiger partial charge on any atom is 0.573 e. The maximum absolute atomic E-state index is 12.1. The van der Waals surface area contributed by atoms with Gasteiger partial charge in [-0.1, -0.05) is 12.1 Å². The van der Waals surface area contributed by atoms with Crippen molar-refractivity contribution < 1.29 is 22.7 Å². The first-order chi connectivity index (χ1) is 11.4. The Kier molecular flexibility index (Phi) is 4.16. The number of carbonyl (C=O) groups excluding carboxylic acids is 1. The minimum absolute atomic E-state index is 0.255. The molecule has 3 rings (SSSR count). The highest BCUT2D eigenvalue weighted by Gasteiger charge is 2.31. The van der Waals surface area contributed by atoms with E-state index in [9.17, 15) is 18.0 Å². The fourth-order valence-electron chi connectivity index (χ4n) is 2.30. The van der Waals surface area contributed by atoms with Gasteiger partial charge in [-0.05, 0) is 47.3 Å². The minimum atomic E-state index is -4.75. The fraction of sp³-hybridized carbons (Fsp3) is 0.118. The number of carbonyl (C=O) groups is 1. The average Bonchev–Trinajstić information content (AvgIpc) is 2.99. The number of ether oxygens (including phenoxy) is 1. The molecule has 0 unspecified atom stereocenters. The summed E-state index contributed by atoms with van der Waals surface area (Å²) in [5.41, 5.74) is 2.14. The number of fused-ring (bicyclic) bond motifs is 1. The summed E-state index contributed by atoms with van der Waals surface area (Å²) in [6, 6.07) is 12.5. The van der Waals surface area contributed by atoms with Crippen LogP contribution in [0.3, 0.4) is 0 Å². The molecule has 0 atom stereocenters. The standard InChI is InChI=1S/C17H13F3N2O2/c18-17(19,20)24-14-5-3-13(4-6-14)16(23)22-10-11-1-2-12-7-8-21-15(12)9-11/h1-9,21H,10H2,(H,22,23). The van der Waals surface area contributed by atoms with E-state index in [0.29, 0.717) is 6.54 Å². The highest BCUT2D eigenvalue weighted by molar-refractivity contribution is 5.94. The van der Waals surface area contributed by atoms with Crippen molar-refractivity contribution in [2.45, 2.75) is 12.9 Å². The van der Waals surface area contributed by atoms with Gasteiger partial charge in [0.25, 0.3) is 5.91 Å². The Morgan fingerprint density at radius 1 is 1.08 bits per heavy atom. The SMILES string of the molecule is O=C(NCc1ccc2cc[nH]c2c1)c1ccc(OC(F)(F)F)cc1. The quantitative estimate of drug-likeness (QED) is 0.758. The van der Waals surface area contributed by atoms with Crippen LogP contribution >= 0.6 is 0 Å². The lowest BCUT2D eigenvalue weighted by atomic mass is 10.1. The number of nitrogens with one attached hydrogen (secondary N) is 2. The van der Waals surface area contributed by atoms with Crippen LogP contribution in [-0.2, 0) is 6.54 Å². The van der Waals surface area contributed by atoms with Gasteiger partial charge < -0.3 is 15.0 Å². The number of alkyl halides is 3. The fourth-order valence-corrected chi connectivity index (χ4v) is 2.30. The van der Waals surface area contributed by atoms with Gasteiger partial charge in [0, 0.05) is 23.8 Å². The molecule has 0 spiro atoms. The molecule has 0 saturated carbocycles. The van der Waals surface area contributed by atoms with Crippen LogP contribution in [0.1, 0.15) is 15.9 Å². The summed E-state index contributed by atoms with van der Waals surface area (Å²) in [6.07, 6.45) is -2.92. The molecular weight excluding hydrogens is 321 g/mol. The van der Waals surface area contributed by atoms with E-state index < -0.39 is 6.36 Å². The summed E-state index contributed by atoms with van der Waals surface area (Å²) >= 11 is 0. The highest BCUT2D eigenvalue weighted by atomic mass is 19.4. The lowest BCUT2D eigenvalue weighted by molar-refractivity contribution is -0.274. The Bertz CT molecular complexity index is 854. The molecule has 2 N–H and O–H groups in total. The normalized spacial score (nSPS) is 11.5. The number of benzene rings is 2. The second kappa shape index (κ2) is 6.27. The molecule has 4 nitrogen and oxygen atoms in total. The topological polar surface area (TPSA) is 54.1 Å². The number of H-pyrrole nitrogens is 1. The zero-order valence-corrected chi connectivity index (χ0v) is 12.4. The molecule has 0 bridgehead atoms. The van der Waals surface area contributed by atoms with Gasteiger partial charge >= 0.3 is 6.36 Å². The predicted octanol–water partition coefficient (Wildman–Crippen LogP) is 4.00. The first-order valence-electron chi connectivity index (χ1n) is 7.11. The molecule has 1 heterocycles. The second-order valence-corrected chi connectivity index (χ2v) is 5.15. The van der Waals surface area contributed by atoms with Crippen molar-refractivity contribution >= 4 is 16.8 Å². The van der Waals surface area contributed by atoms with E-state index in [1.807, 2.05) is 30.5 Å². The van der Waals surface area contributed by atoms with Crippen molar-refractivity contribution in [3.8, 4) is 5.75 Å². The molecule has 2 aromatic carbocycles. The van der Waals surface area contributed by atoms with Crippen molar-refractivity contribution in [3.05, 3.63) is 65.9 Å². The van der Waals surface area contributed by atoms with Crippen molar-refractivity contribution in [1.82, 2.24) is 10.3 Å². The zero-order chi connectivity index (χ0) is 17.2. The highest BCUT2D eigenvalue weighted by Crippen LogP contribution is 2.22. The number of hydrogen-bond donors (Lipinski definition) is 2. The van der Waals surface area contributed by atoms with Gasteiger partial charge in [-0.2, -0.15) is 0 Å². The summed E-state index contributed by atoms with van der Waals surface area (Å²) in [4.78, 5) is 15.1. The zero-order valence-electron chi connectivity index (χ0n) is 12.4. The number of rotatable bonds is 4. The van der Waals surface area contributed by atoms with Crippen molar-refractivity contribution in [2.75, 3.05) is 0 Å². The van der Waals surface area contributed by atoms with Crippen LogP contribution in [0.4, 0.5) is 13.2 Å². The van der Waals surface area contributed by atoms with Gasteiger partial charge in [-0.25, -0.2) is 0 Å². The van der Waals surface area contributed by atoms with Gasteiger partial charge in [-0.15, -0.1) is 13.2 Å². The summed E-state index contributed by atoms with van der Waals surface area (Å²) in [5, 5.41) is 3.80. The smallest absolute Gasteiger partial charge is 0.406 e. The van der Waals surface area contributed by atoms with Crippen LogP contribution in [-0.4, -0.2) is 17.3 Å². The lowest BCUT2D eigenvalue weighted by Gasteiger charge is -2.09. The van der Waals surface area contributed by atoms with Crippen LogP contribution in [0.5, 0.6) is 5.75 Å². The molecule has 0 aliphatic carbocycles. The third-order valence-corrected chi connectivity index (χ3v) is 3.42. The molecule has 124 valence electrons. The number of aromatic nitrogens is 1. The summed E-state index contributed by atoms with van der Waals surface area (Å²) < 4.78 is 40.0. The van der Waals surface area contributed by atoms with Gasteiger partial charge in [0.05, 0.1) is 0 Å². The van der Waals surface area contributed by atoms with Crippen molar-refractivity contribution in [3.63, 3.8) is 0 Å². The summed E-state index contributed by atoms with van der Waals surface area (Å²) in [7, 11) is 0. The largest absolute Gasteiger partial charge is 0.573 e. The van der Waals surface area contributed by atoms with E-state index in [-0.39, 0.29) is 17.2 Å². The van der Waals surface area contributed by atoms with Gasteiger partial charge in [0.15, 0.2) is 0 Å². The van der Waals surface area contributed by atoms with Crippen LogP contribution in [0.2, 0.25) is 0 Å². The monoisotopic (exact) mass is 334 g/mol. The molecule has 0 fully saturated rings. The van der Waals surface area contributed by atoms with Crippen LogP contribution in [0, 0.1) is 0 Å². The molecule has 7 heteroatoms. The third-order valence-electron chi connectivity index (χ3n) is 3.42. The van der Waals surface area contributed by atoms with E-state index in [4.69, 9.17) is 0 Å². The van der Waals surface area contributed by atoms with Gasteiger partial charge in [-0.3, -0.25) is 4.79 Å². The van der Waals surface area contributed by atoms with E-state index in [1.54, 1.807) is 0 Å². The van der Waals surface area contributed by atoms with E-state index in [0.717, 1.165) is 28.6 Å². The Morgan fingerprint density at radius 2 is 1.83 bits per heavy atom. The Labute approximate surface area is 135 Å². The van der Waals surface area contributed by atoms with Crippen molar-refractivity contribution in [1.29, 1.82) is 0 Å². The number of hydrogen-bond acceptors (Lipinski definition) is 2. The number of halogens is 3. The van der Waals surface area contributed by atoms with Crippen LogP contribution in [0.15, 0.2) is 54.7 Å². The van der Waals surface area contributed by atoms with E-state index in [2.05, 4.69) is 15.0 Å². The molecule has 0 aliphatic rings. The molecular formula is C17H13F3N2O2. The average molecular weight is 334 g/mol. The van der Waals surface area contributed by atoms with Crippen LogP contribution in [0.25, 0.3) is 10.9 Å². The summed E-state index contributed by atoms with van der Waals surface area (Å²) in [5.74, 6) is -0.739. The number of amides is 1. The maximum atomic E-state index is 12.1. The molecule has 1 amide bonds. The Hall–Kier alpha value is -2.96. The molecule has 0 aliphatic heterocycles. The first kappa shape index (κ1) is 15.9. The minimum Gasteiger partial charge on any atom is -0.406 e. The summed E-state index contributed by atoms with van der Waals surface area (Å²) in [6.45, 7) is 0.314. The second-order valence-electron chi connectivity index (χ2n) is 5.15. The molecule has 24 heavy (non-hydrogen) atoms. The van der Waals surface area contributed by atoms with Gasteiger partial charge in [0.2, 0.25) is 0 Å². The molecule has 0 radical (unpaired) electrons.